The molecule has 3 nitrogen and oxygen atoms in total. The number of hydrogen-bond acceptors (Lipinski definition) is 4. The number of thioether (sulfide) groups is 1. The molecule has 0 fully saturated rings. The third-order valence-electron chi connectivity index (χ3n) is 2.76. The Morgan fingerprint density at radius 3 is 2.59 bits per heavy atom. The van der Waals surface area contributed by atoms with Crippen LogP contribution in [0.1, 0.15) is 43.5 Å². The topological polar surface area (TPSA) is 43.4 Å². The van der Waals surface area contributed by atoms with Crippen molar-refractivity contribution < 1.29 is 18.7 Å². The Bertz CT molecular complexity index is 554. The minimum absolute atomic E-state index is 0.204. The van der Waals surface area contributed by atoms with Crippen molar-refractivity contribution in [3.8, 4) is 0 Å². The Morgan fingerprint density at radius 2 is 2.05 bits per heavy atom. The molecule has 0 spiro atoms. The molecule has 1 aromatic carbocycles. The van der Waals surface area contributed by atoms with Gasteiger partial charge in [0.1, 0.15) is 11.1 Å². The smallest absolute Gasteiger partial charge is 0.319 e. The van der Waals surface area contributed by atoms with E-state index in [1.807, 2.05) is 13.8 Å². The molecule has 0 N–H and O–H groups in total. The van der Waals surface area contributed by atoms with Gasteiger partial charge in [-0.05, 0) is 52.5 Å². The first-order chi connectivity index (χ1) is 10.4. The first kappa shape index (κ1) is 19.5. The number of halogens is 3. The molecule has 0 heterocycles. The quantitative estimate of drug-likeness (QED) is 0.336. The summed E-state index contributed by atoms with van der Waals surface area (Å²) in [4.78, 5) is 23.9. The van der Waals surface area contributed by atoms with Crippen molar-refractivity contribution in [1.29, 1.82) is 0 Å². The molecule has 0 bridgehead atoms. The number of rotatable bonds is 8. The van der Waals surface area contributed by atoms with Gasteiger partial charge in [-0.25, -0.2) is 4.39 Å². The highest BCUT2D eigenvalue weighted by atomic mass is 79.9. The van der Waals surface area contributed by atoms with E-state index in [-0.39, 0.29) is 11.5 Å². The SMILES string of the molecule is CCCOC(=O)C(CCC)Sc1cc(C(=O)Cl)c(F)cc1Br. The van der Waals surface area contributed by atoms with Crippen LogP contribution in [0, 0.1) is 5.82 Å². The molecule has 0 aliphatic carbocycles. The van der Waals surface area contributed by atoms with Crippen molar-refractivity contribution in [3.05, 3.63) is 28.0 Å². The van der Waals surface area contributed by atoms with Gasteiger partial charge >= 0.3 is 5.97 Å². The van der Waals surface area contributed by atoms with E-state index in [0.29, 0.717) is 22.4 Å². The Labute approximate surface area is 147 Å². The lowest BCUT2D eigenvalue weighted by Crippen LogP contribution is -2.20. The van der Waals surface area contributed by atoms with E-state index in [2.05, 4.69) is 15.9 Å². The Kier molecular flexibility index (Phi) is 8.43. The molecule has 0 aromatic heterocycles. The van der Waals surface area contributed by atoms with Crippen LogP contribution in [0.5, 0.6) is 0 Å². The van der Waals surface area contributed by atoms with Gasteiger partial charge in [0.15, 0.2) is 0 Å². The molecule has 0 aliphatic heterocycles. The number of carbonyl (C=O) groups is 2. The van der Waals surface area contributed by atoms with Gasteiger partial charge < -0.3 is 4.74 Å². The Morgan fingerprint density at radius 1 is 1.36 bits per heavy atom. The zero-order valence-electron chi connectivity index (χ0n) is 12.3. The Hall–Kier alpha value is -0.590. The molecule has 0 radical (unpaired) electrons. The molecule has 1 unspecified atom stereocenters. The van der Waals surface area contributed by atoms with Crippen LogP contribution in [0.4, 0.5) is 4.39 Å². The van der Waals surface area contributed by atoms with Crippen LogP contribution < -0.4 is 0 Å². The van der Waals surface area contributed by atoms with Gasteiger partial charge in [-0.15, -0.1) is 11.8 Å². The summed E-state index contributed by atoms with van der Waals surface area (Å²) < 4.78 is 19.3. The monoisotopic (exact) mass is 410 g/mol. The summed E-state index contributed by atoms with van der Waals surface area (Å²) in [5.41, 5.74) is -0.204. The summed E-state index contributed by atoms with van der Waals surface area (Å²) in [7, 11) is 0. The first-order valence-corrected chi connectivity index (χ1v) is 8.97. The fraction of sp³-hybridized carbons (Fsp3) is 0.467. The Balaban J connectivity index is 3.00. The van der Waals surface area contributed by atoms with Crippen molar-refractivity contribution in [1.82, 2.24) is 0 Å². The zero-order valence-corrected chi connectivity index (χ0v) is 15.5. The van der Waals surface area contributed by atoms with Crippen LogP contribution >= 0.6 is 39.3 Å². The summed E-state index contributed by atoms with van der Waals surface area (Å²) in [6, 6.07) is 2.54. The van der Waals surface area contributed by atoms with Gasteiger partial charge in [0.05, 0.1) is 12.2 Å². The number of hydrogen-bond donors (Lipinski definition) is 0. The van der Waals surface area contributed by atoms with Gasteiger partial charge in [0, 0.05) is 9.37 Å². The third-order valence-corrected chi connectivity index (χ3v) is 5.19. The molecule has 1 atom stereocenters. The second-order valence-corrected chi connectivity index (χ2v) is 7.04. The average molecular weight is 412 g/mol. The minimum Gasteiger partial charge on any atom is -0.465 e. The first-order valence-electron chi connectivity index (χ1n) is 6.92. The molecular weight excluding hydrogens is 395 g/mol. The van der Waals surface area contributed by atoms with Crippen molar-refractivity contribution in [2.75, 3.05) is 6.61 Å². The summed E-state index contributed by atoms with van der Waals surface area (Å²) in [5.74, 6) is -1.000. The molecular formula is C15H17BrClFO3S. The predicted molar refractivity (Wildman–Crippen MR) is 90.1 cm³/mol. The lowest BCUT2D eigenvalue weighted by Gasteiger charge is -2.16. The fourth-order valence-corrected chi connectivity index (χ4v) is 3.63. The van der Waals surface area contributed by atoms with Crippen molar-refractivity contribution >= 4 is 50.5 Å². The maximum atomic E-state index is 13.7. The highest BCUT2D eigenvalue weighted by molar-refractivity contribution is 9.10. The molecule has 22 heavy (non-hydrogen) atoms. The van der Waals surface area contributed by atoms with E-state index in [1.54, 1.807) is 0 Å². The maximum Gasteiger partial charge on any atom is 0.319 e. The number of carbonyl (C=O) groups excluding carboxylic acids is 2. The van der Waals surface area contributed by atoms with Crippen LogP contribution in [-0.2, 0) is 9.53 Å². The van der Waals surface area contributed by atoms with Crippen LogP contribution in [0.3, 0.4) is 0 Å². The summed E-state index contributed by atoms with van der Waals surface area (Å²) in [6.07, 6.45) is 2.18. The van der Waals surface area contributed by atoms with Crippen molar-refractivity contribution in [3.63, 3.8) is 0 Å². The lowest BCUT2D eigenvalue weighted by molar-refractivity contribution is -0.143. The molecule has 0 saturated heterocycles. The van der Waals surface area contributed by atoms with Gasteiger partial charge in [-0.3, -0.25) is 9.59 Å². The number of esters is 1. The fourth-order valence-electron chi connectivity index (χ4n) is 1.71. The second-order valence-electron chi connectivity index (χ2n) is 4.60. The van der Waals surface area contributed by atoms with Crippen LogP contribution in [0.25, 0.3) is 0 Å². The normalized spacial score (nSPS) is 12.0. The van der Waals surface area contributed by atoms with Crippen LogP contribution in [0.15, 0.2) is 21.5 Å². The van der Waals surface area contributed by atoms with E-state index in [0.717, 1.165) is 12.8 Å². The molecule has 0 aliphatic rings. The minimum atomic E-state index is -0.868. The van der Waals surface area contributed by atoms with E-state index < -0.39 is 16.3 Å². The molecule has 0 saturated carbocycles. The second kappa shape index (κ2) is 9.53. The number of benzene rings is 1. The van der Waals surface area contributed by atoms with Crippen molar-refractivity contribution in [2.24, 2.45) is 0 Å². The largest absolute Gasteiger partial charge is 0.465 e. The van der Waals surface area contributed by atoms with Crippen LogP contribution in [0.2, 0.25) is 0 Å². The summed E-state index contributed by atoms with van der Waals surface area (Å²) in [6.45, 7) is 4.26. The van der Waals surface area contributed by atoms with E-state index in [9.17, 15) is 14.0 Å². The van der Waals surface area contributed by atoms with E-state index in [1.165, 1.54) is 23.9 Å². The summed E-state index contributed by atoms with van der Waals surface area (Å²) in [5, 5.41) is -1.27. The van der Waals surface area contributed by atoms with Crippen LogP contribution in [-0.4, -0.2) is 23.1 Å². The third kappa shape index (κ3) is 5.56. The molecule has 1 rings (SSSR count). The van der Waals surface area contributed by atoms with Gasteiger partial charge in [0.2, 0.25) is 0 Å². The molecule has 7 heteroatoms. The predicted octanol–water partition coefficient (Wildman–Crippen LogP) is 5.18. The average Bonchev–Trinajstić information content (AvgIpc) is 2.46. The van der Waals surface area contributed by atoms with Gasteiger partial charge in [-0.2, -0.15) is 0 Å². The van der Waals surface area contributed by atoms with E-state index >= 15 is 0 Å². The molecule has 0 amide bonds. The van der Waals surface area contributed by atoms with Crippen molar-refractivity contribution in [2.45, 2.75) is 43.3 Å². The standard InChI is InChI=1S/C15H17BrClFO3S/c1-3-5-12(15(20)21-6-4-2)22-13-7-9(14(17)19)11(18)8-10(13)16/h7-8,12H,3-6H2,1-2H3. The highest BCUT2D eigenvalue weighted by Gasteiger charge is 2.23. The molecule has 1 aromatic rings. The number of ether oxygens (including phenoxy) is 1. The van der Waals surface area contributed by atoms with Gasteiger partial charge in [-0.1, -0.05) is 20.3 Å². The maximum absolute atomic E-state index is 13.7. The zero-order chi connectivity index (χ0) is 16.7. The summed E-state index contributed by atoms with van der Waals surface area (Å²) >= 11 is 9.85. The van der Waals surface area contributed by atoms with E-state index in [4.69, 9.17) is 16.3 Å². The highest BCUT2D eigenvalue weighted by Crippen LogP contribution is 2.35. The molecule has 122 valence electrons. The van der Waals surface area contributed by atoms with Gasteiger partial charge in [0.25, 0.3) is 5.24 Å². The lowest BCUT2D eigenvalue weighted by atomic mass is 10.2.